The summed E-state index contributed by atoms with van der Waals surface area (Å²) in [5.41, 5.74) is 3.38. The summed E-state index contributed by atoms with van der Waals surface area (Å²) in [7, 11) is 1.57. The zero-order valence-corrected chi connectivity index (χ0v) is 24.1. The number of rotatable bonds is 9. The number of aliphatic imine (C=N–C) groups is 1. The Morgan fingerprint density at radius 1 is 1.15 bits per heavy atom. The van der Waals surface area contributed by atoms with E-state index in [0.717, 1.165) is 26.5 Å². The molecule has 0 radical (unpaired) electrons. The molecule has 0 unspecified atom stereocenters. The Morgan fingerprint density at radius 2 is 1.93 bits per heavy atom. The number of amidine groups is 1. The van der Waals surface area contributed by atoms with Crippen molar-refractivity contribution in [2.75, 3.05) is 20.3 Å². The second-order valence-corrected chi connectivity index (χ2v) is 10.7. The molecule has 1 saturated heterocycles. The minimum Gasteiger partial charge on any atom is -0.493 e. The van der Waals surface area contributed by atoms with Gasteiger partial charge in [-0.3, -0.25) is 19.8 Å². The van der Waals surface area contributed by atoms with E-state index in [9.17, 15) is 14.9 Å². The van der Waals surface area contributed by atoms with E-state index in [4.69, 9.17) is 14.5 Å². The third-order valence-corrected chi connectivity index (χ3v) is 8.02. The van der Waals surface area contributed by atoms with Crippen molar-refractivity contribution in [1.82, 2.24) is 9.88 Å². The molecule has 204 valence electrons. The van der Waals surface area contributed by atoms with Crippen LogP contribution in [0.1, 0.15) is 18.1 Å². The quantitative estimate of drug-likeness (QED) is 0.121. The highest BCUT2D eigenvalue weighted by molar-refractivity contribution is 9.10. The lowest BCUT2D eigenvalue weighted by Gasteiger charge is -2.15. The minimum atomic E-state index is -0.456. The van der Waals surface area contributed by atoms with Crippen molar-refractivity contribution in [2.45, 2.75) is 13.3 Å². The highest BCUT2D eigenvalue weighted by Crippen LogP contribution is 2.39. The Labute approximate surface area is 243 Å². The van der Waals surface area contributed by atoms with Gasteiger partial charge in [0, 0.05) is 40.2 Å². The molecule has 1 fully saturated rings. The Morgan fingerprint density at radius 3 is 2.65 bits per heavy atom. The predicted molar refractivity (Wildman–Crippen MR) is 161 cm³/mol. The Balaban J connectivity index is 1.48. The number of H-pyrrole nitrogens is 1. The molecule has 0 aliphatic carbocycles. The van der Waals surface area contributed by atoms with E-state index in [2.05, 4.69) is 27.0 Å². The summed E-state index contributed by atoms with van der Waals surface area (Å²) in [6.07, 6.45) is 4.38. The van der Waals surface area contributed by atoms with Crippen LogP contribution in [0.2, 0.25) is 0 Å². The lowest BCUT2D eigenvalue weighted by Crippen LogP contribution is -2.31. The first kappa shape index (κ1) is 27.5. The SMILES string of the molecule is CCOc1cc(Br)c(/C=C2\SC(=Nc3ccc([N+](=O)[O-])cc3)N(CCc3c[nH]c4ccccc34)C2=O)cc1OC. The van der Waals surface area contributed by atoms with E-state index in [-0.39, 0.29) is 11.6 Å². The molecule has 1 aromatic heterocycles. The number of nitro benzene ring substituents is 1. The van der Waals surface area contributed by atoms with Crippen LogP contribution in [0.15, 0.2) is 81.2 Å². The number of aromatic amines is 1. The van der Waals surface area contributed by atoms with Gasteiger partial charge in [0.2, 0.25) is 0 Å². The Hall–Kier alpha value is -4.09. The number of nitro groups is 1. The fourth-order valence-corrected chi connectivity index (χ4v) is 5.80. The number of ether oxygens (including phenoxy) is 2. The molecule has 0 spiro atoms. The smallest absolute Gasteiger partial charge is 0.269 e. The number of methoxy groups -OCH3 is 1. The van der Waals surface area contributed by atoms with Gasteiger partial charge >= 0.3 is 0 Å². The van der Waals surface area contributed by atoms with Gasteiger partial charge < -0.3 is 14.5 Å². The number of halogens is 1. The van der Waals surface area contributed by atoms with E-state index < -0.39 is 4.92 Å². The number of hydrogen-bond donors (Lipinski definition) is 1. The Kier molecular flexibility index (Phi) is 8.22. The average molecular weight is 622 g/mol. The first-order valence-corrected chi connectivity index (χ1v) is 14.1. The summed E-state index contributed by atoms with van der Waals surface area (Å²) in [5.74, 6) is 0.985. The molecule has 1 aliphatic heterocycles. The molecule has 1 N–H and O–H groups in total. The molecule has 5 rings (SSSR count). The molecule has 0 atom stereocenters. The maximum absolute atomic E-state index is 13.7. The average Bonchev–Trinajstić information content (AvgIpc) is 3.49. The highest BCUT2D eigenvalue weighted by atomic mass is 79.9. The number of fused-ring (bicyclic) bond motifs is 1. The number of carbonyl (C=O) groups excluding carboxylic acids is 1. The molecule has 3 aromatic carbocycles. The van der Waals surface area contributed by atoms with Gasteiger partial charge in [0.15, 0.2) is 16.7 Å². The first-order chi connectivity index (χ1) is 19.4. The van der Waals surface area contributed by atoms with E-state index >= 15 is 0 Å². The zero-order chi connectivity index (χ0) is 28.2. The van der Waals surface area contributed by atoms with Gasteiger partial charge in [-0.25, -0.2) is 4.99 Å². The topological polar surface area (TPSA) is 110 Å². The number of nitrogens with zero attached hydrogens (tertiary/aromatic N) is 3. The summed E-state index contributed by atoms with van der Waals surface area (Å²) in [6, 6.07) is 17.6. The fraction of sp³-hybridized carbons (Fsp3) is 0.172. The van der Waals surface area contributed by atoms with Crippen molar-refractivity contribution < 1.29 is 19.2 Å². The molecule has 2 heterocycles. The number of amides is 1. The lowest BCUT2D eigenvalue weighted by molar-refractivity contribution is -0.384. The van der Waals surface area contributed by atoms with Crippen LogP contribution < -0.4 is 9.47 Å². The molecule has 40 heavy (non-hydrogen) atoms. The van der Waals surface area contributed by atoms with Crippen molar-refractivity contribution in [3.63, 3.8) is 0 Å². The maximum atomic E-state index is 13.7. The van der Waals surface area contributed by atoms with Crippen LogP contribution in [-0.4, -0.2) is 46.1 Å². The molecular weight excluding hydrogens is 596 g/mol. The molecule has 11 heteroatoms. The number of aromatic nitrogens is 1. The molecule has 1 aliphatic rings. The van der Waals surface area contributed by atoms with E-state index in [1.165, 1.54) is 23.9 Å². The van der Waals surface area contributed by atoms with E-state index in [1.54, 1.807) is 30.2 Å². The molecule has 1 amide bonds. The number of hydrogen-bond acceptors (Lipinski definition) is 7. The van der Waals surface area contributed by atoms with Gasteiger partial charge in [-0.1, -0.05) is 34.1 Å². The minimum absolute atomic E-state index is 0.0230. The summed E-state index contributed by atoms with van der Waals surface area (Å²) >= 11 is 4.84. The Bertz CT molecular complexity index is 1650. The summed E-state index contributed by atoms with van der Waals surface area (Å²) in [6.45, 7) is 2.80. The summed E-state index contributed by atoms with van der Waals surface area (Å²) in [4.78, 5) is 34.4. The van der Waals surface area contributed by atoms with Crippen LogP contribution in [0, 0.1) is 10.1 Å². The number of nitrogens with one attached hydrogen (secondary N) is 1. The zero-order valence-electron chi connectivity index (χ0n) is 21.7. The molecular formula is C29H25BrN4O5S. The lowest BCUT2D eigenvalue weighted by atomic mass is 10.1. The van der Waals surface area contributed by atoms with Crippen LogP contribution >= 0.6 is 27.7 Å². The van der Waals surface area contributed by atoms with Gasteiger partial charge in [-0.15, -0.1) is 0 Å². The molecule has 0 bridgehead atoms. The summed E-state index contributed by atoms with van der Waals surface area (Å²) in [5, 5.41) is 12.7. The largest absolute Gasteiger partial charge is 0.493 e. The third-order valence-electron chi connectivity index (χ3n) is 6.32. The van der Waals surface area contributed by atoms with Crippen LogP contribution in [0.3, 0.4) is 0 Å². The van der Waals surface area contributed by atoms with Crippen molar-refractivity contribution in [1.29, 1.82) is 0 Å². The monoisotopic (exact) mass is 620 g/mol. The standard InChI is InChI=1S/C29H25BrN4O5S/c1-3-39-26-16-23(30)19(14-25(26)38-2)15-27-28(35)33(13-12-18-17-31-24-7-5-4-6-22(18)24)29(40-27)32-20-8-10-21(11-9-20)34(36)37/h4-11,14-17,31H,3,12-13H2,1-2H3/b27-15-,32-29?. The first-order valence-electron chi connectivity index (χ1n) is 12.5. The molecule has 0 saturated carbocycles. The number of thioether (sulfide) groups is 1. The highest BCUT2D eigenvalue weighted by Gasteiger charge is 2.33. The second kappa shape index (κ2) is 12.0. The third kappa shape index (κ3) is 5.75. The summed E-state index contributed by atoms with van der Waals surface area (Å²) < 4.78 is 11.9. The van der Waals surface area contributed by atoms with Crippen molar-refractivity contribution in [3.05, 3.63) is 97.5 Å². The molecule has 9 nitrogen and oxygen atoms in total. The number of non-ortho nitro benzene ring substituents is 1. The number of benzene rings is 3. The van der Waals surface area contributed by atoms with Crippen LogP contribution in [0.25, 0.3) is 17.0 Å². The number of para-hydroxylation sites is 1. The van der Waals surface area contributed by atoms with Gasteiger partial charge in [-0.2, -0.15) is 0 Å². The normalized spacial score (nSPS) is 15.4. The van der Waals surface area contributed by atoms with Crippen molar-refractivity contribution >= 4 is 67.1 Å². The van der Waals surface area contributed by atoms with Crippen LogP contribution in [-0.2, 0) is 11.2 Å². The van der Waals surface area contributed by atoms with E-state index in [0.29, 0.717) is 46.8 Å². The van der Waals surface area contributed by atoms with Crippen LogP contribution in [0.4, 0.5) is 11.4 Å². The van der Waals surface area contributed by atoms with Crippen molar-refractivity contribution in [3.8, 4) is 11.5 Å². The molecule has 4 aromatic rings. The van der Waals surface area contributed by atoms with Gasteiger partial charge in [0.05, 0.1) is 29.2 Å². The van der Waals surface area contributed by atoms with Gasteiger partial charge in [-0.05, 0) is 72.6 Å². The maximum Gasteiger partial charge on any atom is 0.269 e. The van der Waals surface area contributed by atoms with Gasteiger partial charge in [0.25, 0.3) is 11.6 Å². The van der Waals surface area contributed by atoms with Gasteiger partial charge in [0.1, 0.15) is 0 Å². The van der Waals surface area contributed by atoms with Crippen LogP contribution in [0.5, 0.6) is 11.5 Å². The van der Waals surface area contributed by atoms with E-state index in [1.807, 2.05) is 43.5 Å². The van der Waals surface area contributed by atoms with Crippen molar-refractivity contribution in [2.24, 2.45) is 4.99 Å². The predicted octanol–water partition coefficient (Wildman–Crippen LogP) is 7.09. The second-order valence-electron chi connectivity index (χ2n) is 8.80. The number of carbonyl (C=O) groups is 1. The fourth-order valence-electron chi connectivity index (χ4n) is 4.35.